The van der Waals surface area contributed by atoms with Crippen molar-refractivity contribution >= 4 is 11.9 Å². The SMILES string of the molecule is CCNC1COCC1C(=O)NC(COC)C(=O)O. The van der Waals surface area contributed by atoms with Crippen molar-refractivity contribution in [3.05, 3.63) is 0 Å². The summed E-state index contributed by atoms with van der Waals surface area (Å²) in [4.78, 5) is 22.9. The largest absolute Gasteiger partial charge is 0.480 e. The highest BCUT2D eigenvalue weighted by Crippen LogP contribution is 2.14. The van der Waals surface area contributed by atoms with Crippen molar-refractivity contribution in [2.45, 2.75) is 19.0 Å². The first-order valence-corrected chi connectivity index (χ1v) is 5.93. The molecular weight excluding hydrogens is 240 g/mol. The molecule has 0 saturated carbocycles. The van der Waals surface area contributed by atoms with E-state index in [1.807, 2.05) is 6.92 Å². The summed E-state index contributed by atoms with van der Waals surface area (Å²) in [5.74, 6) is -1.78. The number of amides is 1. The Balaban J connectivity index is 2.54. The molecule has 18 heavy (non-hydrogen) atoms. The molecule has 1 rings (SSSR count). The minimum absolute atomic E-state index is 0.0550. The molecule has 0 spiro atoms. The zero-order chi connectivity index (χ0) is 13.5. The molecule has 0 aromatic rings. The number of carbonyl (C=O) groups excluding carboxylic acids is 1. The molecule has 0 aromatic heterocycles. The summed E-state index contributed by atoms with van der Waals surface area (Å²) in [5.41, 5.74) is 0. The lowest BCUT2D eigenvalue weighted by molar-refractivity contribution is -0.144. The first-order chi connectivity index (χ1) is 8.60. The third-order valence-electron chi connectivity index (χ3n) is 2.83. The molecule has 1 fully saturated rings. The van der Waals surface area contributed by atoms with Gasteiger partial charge < -0.3 is 25.2 Å². The van der Waals surface area contributed by atoms with Crippen LogP contribution in [0.2, 0.25) is 0 Å². The maximum absolute atomic E-state index is 12.0. The number of carboxylic acids is 1. The van der Waals surface area contributed by atoms with E-state index in [1.54, 1.807) is 0 Å². The van der Waals surface area contributed by atoms with E-state index in [2.05, 4.69) is 10.6 Å². The topological polar surface area (TPSA) is 96.9 Å². The van der Waals surface area contributed by atoms with Gasteiger partial charge in [-0.2, -0.15) is 0 Å². The number of carboxylic acid groups (broad SMARTS) is 1. The van der Waals surface area contributed by atoms with E-state index in [-0.39, 0.29) is 24.5 Å². The van der Waals surface area contributed by atoms with Crippen LogP contribution in [0.25, 0.3) is 0 Å². The van der Waals surface area contributed by atoms with Crippen LogP contribution in [0.3, 0.4) is 0 Å². The first-order valence-electron chi connectivity index (χ1n) is 5.93. The second-order valence-corrected chi connectivity index (χ2v) is 4.16. The Kier molecular flexibility index (Phi) is 6.03. The number of methoxy groups -OCH3 is 1. The average molecular weight is 260 g/mol. The molecule has 0 aromatic carbocycles. The third-order valence-corrected chi connectivity index (χ3v) is 2.83. The van der Waals surface area contributed by atoms with Crippen molar-refractivity contribution in [1.82, 2.24) is 10.6 Å². The van der Waals surface area contributed by atoms with Crippen LogP contribution < -0.4 is 10.6 Å². The maximum atomic E-state index is 12.0. The molecule has 104 valence electrons. The fraction of sp³-hybridized carbons (Fsp3) is 0.818. The van der Waals surface area contributed by atoms with Gasteiger partial charge in [0.1, 0.15) is 0 Å². The van der Waals surface area contributed by atoms with Gasteiger partial charge in [-0.15, -0.1) is 0 Å². The third kappa shape index (κ3) is 3.94. The number of rotatable bonds is 7. The summed E-state index contributed by atoms with van der Waals surface area (Å²) < 4.78 is 10.0. The fourth-order valence-corrected chi connectivity index (χ4v) is 1.90. The number of ether oxygens (including phenoxy) is 2. The van der Waals surface area contributed by atoms with Crippen LogP contribution in [0.1, 0.15) is 6.92 Å². The molecule has 1 heterocycles. The van der Waals surface area contributed by atoms with Gasteiger partial charge in [0.25, 0.3) is 0 Å². The van der Waals surface area contributed by atoms with Crippen LogP contribution in [0.5, 0.6) is 0 Å². The molecule has 7 heteroatoms. The zero-order valence-corrected chi connectivity index (χ0v) is 10.6. The van der Waals surface area contributed by atoms with Gasteiger partial charge in [0.05, 0.1) is 25.7 Å². The summed E-state index contributed by atoms with van der Waals surface area (Å²) in [7, 11) is 1.39. The van der Waals surface area contributed by atoms with Crippen LogP contribution in [0, 0.1) is 5.92 Å². The molecule has 1 aliphatic heterocycles. The van der Waals surface area contributed by atoms with Crippen LogP contribution >= 0.6 is 0 Å². The Hall–Kier alpha value is -1.18. The summed E-state index contributed by atoms with van der Waals surface area (Å²) in [6.07, 6.45) is 0. The molecule has 1 aliphatic rings. The lowest BCUT2D eigenvalue weighted by Gasteiger charge is -2.20. The molecule has 3 N–H and O–H groups in total. The van der Waals surface area contributed by atoms with E-state index in [0.717, 1.165) is 6.54 Å². The van der Waals surface area contributed by atoms with Gasteiger partial charge in [-0.05, 0) is 6.54 Å². The van der Waals surface area contributed by atoms with Gasteiger partial charge in [0.2, 0.25) is 5.91 Å². The molecule has 7 nitrogen and oxygen atoms in total. The van der Waals surface area contributed by atoms with E-state index in [9.17, 15) is 9.59 Å². The number of aliphatic carboxylic acids is 1. The molecular formula is C11H20N2O5. The molecule has 1 saturated heterocycles. The van der Waals surface area contributed by atoms with Crippen LogP contribution in [-0.4, -0.2) is 62.5 Å². The van der Waals surface area contributed by atoms with Gasteiger partial charge in [-0.1, -0.05) is 6.92 Å². The van der Waals surface area contributed by atoms with Crippen molar-refractivity contribution in [2.24, 2.45) is 5.92 Å². The second-order valence-electron chi connectivity index (χ2n) is 4.16. The minimum atomic E-state index is -1.11. The maximum Gasteiger partial charge on any atom is 0.328 e. The van der Waals surface area contributed by atoms with Crippen molar-refractivity contribution < 1.29 is 24.2 Å². The zero-order valence-electron chi connectivity index (χ0n) is 10.6. The number of carbonyl (C=O) groups is 2. The summed E-state index contributed by atoms with van der Waals surface area (Å²) in [5, 5.41) is 14.5. The van der Waals surface area contributed by atoms with E-state index in [1.165, 1.54) is 7.11 Å². The van der Waals surface area contributed by atoms with Gasteiger partial charge in [-0.25, -0.2) is 4.79 Å². The van der Waals surface area contributed by atoms with E-state index in [4.69, 9.17) is 14.6 Å². The number of likely N-dealkylation sites (N-methyl/N-ethyl adjacent to an activating group) is 1. The Bertz CT molecular complexity index is 297. The number of nitrogens with one attached hydrogen (secondary N) is 2. The van der Waals surface area contributed by atoms with E-state index >= 15 is 0 Å². The average Bonchev–Trinajstić information content (AvgIpc) is 2.77. The fourth-order valence-electron chi connectivity index (χ4n) is 1.90. The van der Waals surface area contributed by atoms with E-state index < -0.39 is 12.0 Å². The lowest BCUT2D eigenvalue weighted by Crippen LogP contribution is -2.50. The number of hydrogen-bond donors (Lipinski definition) is 3. The highest BCUT2D eigenvalue weighted by atomic mass is 16.5. The molecule has 0 bridgehead atoms. The monoisotopic (exact) mass is 260 g/mol. The van der Waals surface area contributed by atoms with Crippen molar-refractivity contribution in [3.8, 4) is 0 Å². The van der Waals surface area contributed by atoms with Crippen molar-refractivity contribution in [1.29, 1.82) is 0 Å². The molecule has 1 amide bonds. The summed E-state index contributed by atoms with van der Waals surface area (Å²) in [6.45, 7) is 3.40. The lowest BCUT2D eigenvalue weighted by atomic mass is 10.0. The predicted molar refractivity (Wildman–Crippen MR) is 63.2 cm³/mol. The van der Waals surface area contributed by atoms with Crippen LogP contribution in [-0.2, 0) is 19.1 Å². The highest BCUT2D eigenvalue weighted by Gasteiger charge is 2.35. The highest BCUT2D eigenvalue weighted by molar-refractivity contribution is 5.85. The normalized spacial score (nSPS) is 24.8. The Morgan fingerprint density at radius 2 is 2.22 bits per heavy atom. The van der Waals surface area contributed by atoms with Gasteiger partial charge in [0.15, 0.2) is 6.04 Å². The summed E-state index contributed by atoms with van der Waals surface area (Å²) >= 11 is 0. The Labute approximate surface area is 106 Å². The van der Waals surface area contributed by atoms with Gasteiger partial charge >= 0.3 is 5.97 Å². The summed E-state index contributed by atoms with van der Waals surface area (Å²) in [6, 6.07) is -1.09. The molecule has 0 aliphatic carbocycles. The predicted octanol–water partition coefficient (Wildman–Crippen LogP) is -1.17. The smallest absolute Gasteiger partial charge is 0.328 e. The van der Waals surface area contributed by atoms with Crippen molar-refractivity contribution in [2.75, 3.05) is 33.5 Å². The van der Waals surface area contributed by atoms with Crippen LogP contribution in [0.4, 0.5) is 0 Å². The quantitative estimate of drug-likeness (QED) is 0.533. The van der Waals surface area contributed by atoms with E-state index in [0.29, 0.717) is 13.2 Å². The van der Waals surface area contributed by atoms with Gasteiger partial charge in [-0.3, -0.25) is 4.79 Å². The Morgan fingerprint density at radius 3 is 2.78 bits per heavy atom. The molecule has 3 atom stereocenters. The standard InChI is InChI=1S/C11H20N2O5/c1-3-12-8-6-18-4-7(8)10(14)13-9(5-17-2)11(15)16/h7-9,12H,3-6H2,1-2H3,(H,13,14)(H,15,16). The second kappa shape index (κ2) is 7.30. The number of hydrogen-bond acceptors (Lipinski definition) is 5. The van der Waals surface area contributed by atoms with Gasteiger partial charge in [0, 0.05) is 13.2 Å². The Morgan fingerprint density at radius 1 is 1.50 bits per heavy atom. The minimum Gasteiger partial charge on any atom is -0.480 e. The molecule has 0 radical (unpaired) electrons. The first kappa shape index (κ1) is 14.9. The molecule has 3 unspecified atom stereocenters. The van der Waals surface area contributed by atoms with Crippen molar-refractivity contribution in [3.63, 3.8) is 0 Å². The van der Waals surface area contributed by atoms with Crippen LogP contribution in [0.15, 0.2) is 0 Å².